The van der Waals surface area contributed by atoms with Crippen LogP contribution in [0.15, 0.2) is 30.6 Å². The van der Waals surface area contributed by atoms with Crippen molar-refractivity contribution >= 4 is 17.5 Å². The van der Waals surface area contributed by atoms with Crippen LogP contribution in [0.3, 0.4) is 0 Å². The van der Waals surface area contributed by atoms with Crippen LogP contribution in [0, 0.1) is 11.2 Å². The van der Waals surface area contributed by atoms with Gasteiger partial charge in [0.05, 0.1) is 43.1 Å². The van der Waals surface area contributed by atoms with Gasteiger partial charge in [-0.3, -0.25) is 9.91 Å². The van der Waals surface area contributed by atoms with E-state index in [9.17, 15) is 9.18 Å². The molecule has 4 aliphatic rings. The number of hydrogen-bond donors (Lipinski definition) is 2. The van der Waals surface area contributed by atoms with Gasteiger partial charge in [0.25, 0.3) is 0 Å². The highest BCUT2D eigenvalue weighted by atomic mass is 19.1. The number of rotatable bonds is 4. The third kappa shape index (κ3) is 2.55. The molecule has 1 amide bonds. The van der Waals surface area contributed by atoms with Crippen LogP contribution < -0.4 is 20.8 Å². The van der Waals surface area contributed by atoms with Crippen molar-refractivity contribution in [1.82, 2.24) is 16.0 Å². The van der Waals surface area contributed by atoms with Gasteiger partial charge >= 0.3 is 6.09 Å². The van der Waals surface area contributed by atoms with Crippen molar-refractivity contribution in [3.63, 3.8) is 0 Å². The van der Waals surface area contributed by atoms with E-state index in [-0.39, 0.29) is 17.3 Å². The molecule has 1 spiro atoms. The SMILES string of the molecule is O=C1OC(CN2C=CNN2)CN1c1ccc(N2CC3(COC3)C2)c(F)c1. The highest BCUT2D eigenvalue weighted by Gasteiger charge is 2.49. The second-order valence-electron chi connectivity index (χ2n) is 7.33. The molecule has 0 saturated carbocycles. The third-order valence-corrected chi connectivity index (χ3v) is 5.27. The van der Waals surface area contributed by atoms with Gasteiger partial charge in [-0.25, -0.2) is 9.18 Å². The second-order valence-corrected chi connectivity index (χ2v) is 7.33. The summed E-state index contributed by atoms with van der Waals surface area (Å²) in [6.45, 7) is 4.06. The fraction of sp³-hybridized carbons (Fsp3) is 0.471. The smallest absolute Gasteiger partial charge is 0.414 e. The Morgan fingerprint density at radius 1 is 1.31 bits per heavy atom. The Kier molecular flexibility index (Phi) is 3.47. The molecule has 8 nitrogen and oxygen atoms in total. The zero-order chi connectivity index (χ0) is 17.7. The number of nitrogens with zero attached hydrogens (tertiary/aromatic N) is 3. The van der Waals surface area contributed by atoms with Crippen LogP contribution in [0.5, 0.6) is 0 Å². The van der Waals surface area contributed by atoms with Crippen molar-refractivity contribution in [1.29, 1.82) is 0 Å². The first-order valence-electron chi connectivity index (χ1n) is 8.67. The summed E-state index contributed by atoms with van der Waals surface area (Å²) in [5.41, 5.74) is 7.05. The third-order valence-electron chi connectivity index (χ3n) is 5.27. The number of nitrogens with one attached hydrogen (secondary N) is 2. The van der Waals surface area contributed by atoms with E-state index in [0.29, 0.717) is 24.5 Å². The standard InChI is InChI=1S/C17H20FN5O3/c18-14-5-12(1-2-15(14)21-8-17(9-21)10-25-11-17)23-7-13(26-16(23)24)6-22-4-3-19-20-22/h1-5,13,19-20H,6-11H2. The Morgan fingerprint density at radius 3 is 2.81 bits per heavy atom. The van der Waals surface area contributed by atoms with Gasteiger partial charge < -0.3 is 19.8 Å². The average Bonchev–Trinajstić information content (AvgIpc) is 3.16. The van der Waals surface area contributed by atoms with Crippen LogP contribution in [-0.4, -0.2) is 56.6 Å². The number of hydrazine groups is 2. The van der Waals surface area contributed by atoms with Gasteiger partial charge in [-0.15, -0.1) is 5.53 Å². The van der Waals surface area contributed by atoms with Crippen LogP contribution in [0.1, 0.15) is 0 Å². The summed E-state index contributed by atoms with van der Waals surface area (Å²) in [6, 6.07) is 4.93. The Balaban J connectivity index is 1.25. The number of carbonyl (C=O) groups excluding carboxylic acids is 1. The Labute approximate surface area is 150 Å². The van der Waals surface area contributed by atoms with Gasteiger partial charge in [0.15, 0.2) is 0 Å². The number of halogens is 1. The van der Waals surface area contributed by atoms with Crippen LogP contribution >= 0.6 is 0 Å². The van der Waals surface area contributed by atoms with Crippen molar-refractivity contribution in [2.45, 2.75) is 6.10 Å². The molecular weight excluding hydrogens is 341 g/mol. The minimum atomic E-state index is -0.451. The van der Waals surface area contributed by atoms with E-state index >= 15 is 0 Å². The average molecular weight is 361 g/mol. The van der Waals surface area contributed by atoms with E-state index in [1.165, 1.54) is 11.0 Å². The minimum absolute atomic E-state index is 0.226. The molecule has 138 valence electrons. The number of amides is 1. The molecule has 3 saturated heterocycles. The molecule has 1 aromatic carbocycles. The zero-order valence-electron chi connectivity index (χ0n) is 14.2. The molecule has 2 N–H and O–H groups in total. The summed E-state index contributed by atoms with van der Waals surface area (Å²) in [7, 11) is 0. The van der Waals surface area contributed by atoms with Gasteiger partial charge in [0, 0.05) is 25.5 Å². The molecule has 3 fully saturated rings. The molecule has 5 rings (SSSR count). The molecule has 1 unspecified atom stereocenters. The maximum Gasteiger partial charge on any atom is 0.414 e. The molecule has 0 radical (unpaired) electrons. The van der Waals surface area contributed by atoms with E-state index in [4.69, 9.17) is 9.47 Å². The Hall–Kier alpha value is -2.52. The summed E-state index contributed by atoms with van der Waals surface area (Å²) in [5.74, 6) is -0.317. The van der Waals surface area contributed by atoms with Crippen LogP contribution in [0.2, 0.25) is 0 Å². The molecule has 0 aliphatic carbocycles. The predicted molar refractivity (Wildman–Crippen MR) is 91.6 cm³/mol. The fourth-order valence-corrected chi connectivity index (χ4v) is 3.87. The second kappa shape index (κ2) is 5.75. The molecule has 0 aromatic heterocycles. The van der Waals surface area contributed by atoms with E-state index in [0.717, 1.165) is 26.3 Å². The lowest BCUT2D eigenvalue weighted by molar-refractivity contribution is -0.127. The fourth-order valence-electron chi connectivity index (χ4n) is 3.87. The van der Waals surface area contributed by atoms with Gasteiger partial charge in [0.1, 0.15) is 11.9 Å². The molecule has 4 aliphatic heterocycles. The highest BCUT2D eigenvalue weighted by molar-refractivity contribution is 5.90. The van der Waals surface area contributed by atoms with Crippen LogP contribution in [0.4, 0.5) is 20.6 Å². The van der Waals surface area contributed by atoms with Crippen molar-refractivity contribution in [2.24, 2.45) is 5.41 Å². The van der Waals surface area contributed by atoms with E-state index in [1.54, 1.807) is 23.3 Å². The van der Waals surface area contributed by atoms with Gasteiger partial charge in [-0.1, -0.05) is 0 Å². The summed E-state index contributed by atoms with van der Waals surface area (Å²) >= 11 is 0. The minimum Gasteiger partial charge on any atom is -0.442 e. The number of cyclic esters (lactones) is 1. The lowest BCUT2D eigenvalue weighted by Gasteiger charge is -2.56. The molecule has 4 heterocycles. The summed E-state index contributed by atoms with van der Waals surface area (Å²) in [4.78, 5) is 15.7. The number of hydrogen-bond acceptors (Lipinski definition) is 7. The molecule has 1 aromatic rings. The van der Waals surface area contributed by atoms with Crippen LogP contribution in [-0.2, 0) is 9.47 Å². The van der Waals surface area contributed by atoms with Crippen molar-refractivity contribution in [3.8, 4) is 0 Å². The summed E-state index contributed by atoms with van der Waals surface area (Å²) in [6.07, 6.45) is 2.82. The molecular formula is C17H20FN5O3. The van der Waals surface area contributed by atoms with Crippen molar-refractivity contribution < 1.29 is 18.7 Å². The van der Waals surface area contributed by atoms with Crippen molar-refractivity contribution in [2.75, 3.05) is 49.2 Å². The van der Waals surface area contributed by atoms with Crippen molar-refractivity contribution in [3.05, 3.63) is 36.4 Å². The monoisotopic (exact) mass is 361 g/mol. The first-order valence-corrected chi connectivity index (χ1v) is 8.67. The molecule has 26 heavy (non-hydrogen) atoms. The predicted octanol–water partition coefficient (Wildman–Crippen LogP) is 0.783. The normalized spacial score (nSPS) is 26.0. The molecule has 1 atom stereocenters. The van der Waals surface area contributed by atoms with E-state index in [1.807, 2.05) is 11.1 Å². The Morgan fingerprint density at radius 2 is 2.15 bits per heavy atom. The highest BCUT2D eigenvalue weighted by Crippen LogP contribution is 2.41. The Bertz CT molecular complexity index is 761. The first kappa shape index (κ1) is 15.7. The molecule has 9 heteroatoms. The van der Waals surface area contributed by atoms with E-state index < -0.39 is 6.09 Å². The van der Waals surface area contributed by atoms with E-state index in [2.05, 4.69) is 11.0 Å². The number of carbonyl (C=O) groups is 1. The lowest BCUT2D eigenvalue weighted by Crippen LogP contribution is -2.66. The molecule has 0 bridgehead atoms. The van der Waals surface area contributed by atoms with Crippen LogP contribution in [0.25, 0.3) is 0 Å². The lowest BCUT2D eigenvalue weighted by atomic mass is 9.78. The number of benzene rings is 1. The van der Waals surface area contributed by atoms with Gasteiger partial charge in [-0.05, 0) is 18.2 Å². The quantitative estimate of drug-likeness (QED) is 0.822. The summed E-state index contributed by atoms with van der Waals surface area (Å²) in [5, 5.41) is 1.79. The maximum atomic E-state index is 14.6. The largest absolute Gasteiger partial charge is 0.442 e. The number of anilines is 2. The topological polar surface area (TPSA) is 69.3 Å². The summed E-state index contributed by atoms with van der Waals surface area (Å²) < 4.78 is 25.3. The number of ether oxygens (including phenoxy) is 2. The maximum absolute atomic E-state index is 14.6. The van der Waals surface area contributed by atoms with Gasteiger partial charge in [-0.2, -0.15) is 0 Å². The first-order chi connectivity index (χ1) is 12.6. The zero-order valence-corrected chi connectivity index (χ0v) is 14.2. The van der Waals surface area contributed by atoms with Gasteiger partial charge in [0.2, 0.25) is 0 Å².